The van der Waals surface area contributed by atoms with Crippen LogP contribution in [0.1, 0.15) is 16.8 Å². The van der Waals surface area contributed by atoms with Crippen LogP contribution in [0.15, 0.2) is 36.7 Å². The summed E-state index contributed by atoms with van der Waals surface area (Å²) >= 11 is 5.61. The molecule has 0 aromatic carbocycles. The fourth-order valence-corrected chi connectivity index (χ4v) is 1.76. The average Bonchev–Trinajstić information content (AvgIpc) is 2.40. The van der Waals surface area contributed by atoms with E-state index >= 15 is 0 Å². The van der Waals surface area contributed by atoms with Crippen molar-refractivity contribution in [3.63, 3.8) is 0 Å². The molecule has 2 aromatic heterocycles. The monoisotopic (exact) mass is 294 g/mol. The molecule has 20 heavy (non-hydrogen) atoms. The lowest BCUT2D eigenvalue weighted by atomic mass is 10.2. The van der Waals surface area contributed by atoms with Gasteiger partial charge in [0.1, 0.15) is 5.15 Å². The molecule has 4 nitrogen and oxygen atoms in total. The normalized spacial score (nSPS) is 9.80. The van der Waals surface area contributed by atoms with Crippen molar-refractivity contribution < 1.29 is 9.47 Å². The maximum absolute atomic E-state index is 5.61. The van der Waals surface area contributed by atoms with E-state index in [1.54, 1.807) is 32.7 Å². The highest BCUT2D eigenvalue weighted by Crippen LogP contribution is 2.07. The number of aryl methyl sites for hydroxylation is 1. The van der Waals surface area contributed by atoms with Crippen LogP contribution >= 0.6 is 11.6 Å². The summed E-state index contributed by atoms with van der Waals surface area (Å²) in [5.74, 6) is 0. The van der Waals surface area contributed by atoms with Crippen LogP contribution in [-0.2, 0) is 22.7 Å². The highest BCUT2D eigenvalue weighted by molar-refractivity contribution is 6.29. The summed E-state index contributed by atoms with van der Waals surface area (Å²) in [6, 6.07) is 7.63. The molecule has 0 fully saturated rings. The lowest BCUT2D eigenvalue weighted by Crippen LogP contribution is -1.88. The van der Waals surface area contributed by atoms with Crippen molar-refractivity contribution in [3.05, 3.63) is 58.6 Å². The van der Waals surface area contributed by atoms with Gasteiger partial charge in [-0.2, -0.15) is 0 Å². The summed E-state index contributed by atoms with van der Waals surface area (Å²) in [5.41, 5.74) is 3.26. The van der Waals surface area contributed by atoms with Gasteiger partial charge in [-0.1, -0.05) is 11.6 Å². The summed E-state index contributed by atoms with van der Waals surface area (Å²) in [4.78, 5) is 7.90. The quantitative estimate of drug-likeness (QED) is 0.811. The molecule has 0 saturated carbocycles. The summed E-state index contributed by atoms with van der Waals surface area (Å²) in [6.07, 6.45) is 3.46. The maximum atomic E-state index is 5.61. The Labute approximate surface area is 124 Å². The van der Waals surface area contributed by atoms with E-state index < -0.39 is 0 Å². The third-order valence-electron chi connectivity index (χ3n) is 2.37. The molecule has 0 N–H and O–H groups in total. The molecule has 0 aliphatic carbocycles. The first-order valence-corrected chi connectivity index (χ1v) is 6.53. The third kappa shape index (κ3) is 6.61. The van der Waals surface area contributed by atoms with Crippen LogP contribution in [0.25, 0.3) is 0 Å². The first-order chi connectivity index (χ1) is 9.65. The zero-order valence-corrected chi connectivity index (χ0v) is 12.7. The second-order valence-corrected chi connectivity index (χ2v) is 4.55. The van der Waals surface area contributed by atoms with E-state index in [4.69, 9.17) is 21.1 Å². The van der Waals surface area contributed by atoms with Crippen molar-refractivity contribution in [2.45, 2.75) is 20.1 Å². The fourth-order valence-electron chi connectivity index (χ4n) is 1.56. The molecule has 0 unspecified atom stereocenters. The highest BCUT2D eigenvalue weighted by atomic mass is 35.5. The molecule has 0 bridgehead atoms. The number of halogens is 1. The van der Waals surface area contributed by atoms with E-state index in [0.29, 0.717) is 18.4 Å². The summed E-state index contributed by atoms with van der Waals surface area (Å²) in [7, 11) is 3.34. The first-order valence-electron chi connectivity index (χ1n) is 6.15. The van der Waals surface area contributed by atoms with Crippen LogP contribution in [0.2, 0.25) is 5.15 Å². The zero-order chi connectivity index (χ0) is 14.8. The molecule has 0 amide bonds. The third-order valence-corrected chi connectivity index (χ3v) is 2.58. The summed E-state index contributed by atoms with van der Waals surface area (Å²) < 4.78 is 9.85. The van der Waals surface area contributed by atoms with Crippen LogP contribution in [0.5, 0.6) is 0 Å². The predicted octanol–water partition coefficient (Wildman–Crippen LogP) is 3.42. The van der Waals surface area contributed by atoms with Gasteiger partial charge < -0.3 is 9.47 Å². The molecule has 0 aliphatic heterocycles. The molecule has 0 atom stereocenters. The molecular weight excluding hydrogens is 276 g/mol. The van der Waals surface area contributed by atoms with Crippen LogP contribution in [0, 0.1) is 6.92 Å². The van der Waals surface area contributed by atoms with E-state index in [-0.39, 0.29) is 0 Å². The molecule has 2 heterocycles. The molecule has 2 aromatic rings. The minimum Gasteiger partial charge on any atom is -0.380 e. The molecule has 0 spiro atoms. The van der Waals surface area contributed by atoms with Crippen molar-refractivity contribution in [2.24, 2.45) is 0 Å². The van der Waals surface area contributed by atoms with Gasteiger partial charge >= 0.3 is 0 Å². The molecule has 2 rings (SSSR count). The minimum absolute atomic E-state index is 0.509. The van der Waals surface area contributed by atoms with Gasteiger partial charge in [0.05, 0.1) is 13.2 Å². The molecule has 0 aliphatic rings. The van der Waals surface area contributed by atoms with Crippen LogP contribution in [0.4, 0.5) is 0 Å². The number of rotatable bonds is 4. The van der Waals surface area contributed by atoms with E-state index in [1.807, 2.05) is 25.1 Å². The Bertz CT molecular complexity index is 473. The zero-order valence-electron chi connectivity index (χ0n) is 12.0. The number of pyridine rings is 2. The molecule has 0 radical (unpaired) electrons. The van der Waals surface area contributed by atoms with Gasteiger partial charge in [-0.25, -0.2) is 4.98 Å². The van der Waals surface area contributed by atoms with Crippen LogP contribution in [0.3, 0.4) is 0 Å². The van der Waals surface area contributed by atoms with E-state index in [0.717, 1.165) is 11.3 Å². The fraction of sp³-hybridized carbons (Fsp3) is 0.333. The van der Waals surface area contributed by atoms with Gasteiger partial charge in [0, 0.05) is 32.3 Å². The summed E-state index contributed by atoms with van der Waals surface area (Å²) in [6.45, 7) is 3.23. The van der Waals surface area contributed by atoms with Crippen LogP contribution < -0.4 is 0 Å². The summed E-state index contributed by atoms with van der Waals surface area (Å²) in [5, 5.41) is 0.509. The Morgan fingerprint density at radius 1 is 0.950 bits per heavy atom. The number of hydrogen-bond donors (Lipinski definition) is 0. The highest BCUT2D eigenvalue weighted by Gasteiger charge is 1.92. The minimum atomic E-state index is 0.509. The first kappa shape index (κ1) is 16.6. The average molecular weight is 295 g/mol. The van der Waals surface area contributed by atoms with Crippen molar-refractivity contribution >= 4 is 11.6 Å². The predicted molar refractivity (Wildman–Crippen MR) is 79.6 cm³/mol. The number of hydrogen-bond acceptors (Lipinski definition) is 4. The molecule has 5 heteroatoms. The van der Waals surface area contributed by atoms with E-state index in [9.17, 15) is 0 Å². The Morgan fingerprint density at radius 3 is 2.00 bits per heavy atom. The Hall–Kier alpha value is -1.49. The van der Waals surface area contributed by atoms with Gasteiger partial charge in [-0.15, -0.1) is 0 Å². The smallest absolute Gasteiger partial charge is 0.129 e. The van der Waals surface area contributed by atoms with Gasteiger partial charge in [-0.05, 0) is 42.3 Å². The second-order valence-electron chi connectivity index (χ2n) is 4.16. The molecule has 0 saturated heterocycles. The lowest BCUT2D eigenvalue weighted by Gasteiger charge is -1.98. The Kier molecular flexibility index (Phi) is 7.80. The Balaban J connectivity index is 0.000000200. The number of aromatic nitrogens is 2. The van der Waals surface area contributed by atoms with Crippen molar-refractivity contribution in [1.82, 2.24) is 9.97 Å². The molecular formula is C15H19ClN2O2. The maximum Gasteiger partial charge on any atom is 0.129 e. The van der Waals surface area contributed by atoms with Gasteiger partial charge in [0.2, 0.25) is 0 Å². The second kappa shape index (κ2) is 9.42. The molecule has 108 valence electrons. The largest absolute Gasteiger partial charge is 0.380 e. The van der Waals surface area contributed by atoms with Crippen molar-refractivity contribution in [1.29, 1.82) is 0 Å². The van der Waals surface area contributed by atoms with E-state index in [1.165, 1.54) is 5.56 Å². The van der Waals surface area contributed by atoms with Crippen LogP contribution in [-0.4, -0.2) is 24.2 Å². The number of ether oxygens (including phenoxy) is 2. The van der Waals surface area contributed by atoms with Crippen molar-refractivity contribution in [3.8, 4) is 0 Å². The number of nitrogens with zero attached hydrogens (tertiary/aromatic N) is 2. The Morgan fingerprint density at radius 2 is 1.50 bits per heavy atom. The topological polar surface area (TPSA) is 44.2 Å². The number of methoxy groups -OCH3 is 2. The van der Waals surface area contributed by atoms with Gasteiger partial charge in [0.15, 0.2) is 0 Å². The van der Waals surface area contributed by atoms with Gasteiger partial charge in [-0.3, -0.25) is 4.98 Å². The SMILES string of the molecule is COCc1ccnc(C)c1.COCc1ccnc(Cl)c1. The lowest BCUT2D eigenvalue weighted by molar-refractivity contribution is 0.185. The standard InChI is InChI=1S/C8H11NO.C7H8ClNO/c1-7-5-8(6-10-2)3-4-9-7;1-10-5-6-2-3-9-7(8)4-6/h3-5H,6H2,1-2H3;2-4H,5H2,1H3. The van der Waals surface area contributed by atoms with Crippen molar-refractivity contribution in [2.75, 3.05) is 14.2 Å². The van der Waals surface area contributed by atoms with Gasteiger partial charge in [0.25, 0.3) is 0 Å². The van der Waals surface area contributed by atoms with E-state index in [2.05, 4.69) is 9.97 Å².